The highest BCUT2D eigenvalue weighted by atomic mass is 16.5. The van der Waals surface area contributed by atoms with Crippen molar-refractivity contribution in [2.45, 2.75) is 0 Å². The first kappa shape index (κ1) is 22.5. The van der Waals surface area contributed by atoms with Crippen molar-refractivity contribution < 1.29 is 14.3 Å². The maximum Gasteiger partial charge on any atom is 0.255 e. The van der Waals surface area contributed by atoms with E-state index < -0.39 is 0 Å². The van der Waals surface area contributed by atoms with Gasteiger partial charge in [-0.15, -0.1) is 0 Å². The average molecular weight is 466 g/mol. The van der Waals surface area contributed by atoms with Gasteiger partial charge in [0.15, 0.2) is 0 Å². The Morgan fingerprint density at radius 2 is 1.49 bits per heavy atom. The van der Waals surface area contributed by atoms with Gasteiger partial charge < -0.3 is 19.9 Å². The molecule has 0 aromatic heterocycles. The van der Waals surface area contributed by atoms with Crippen molar-refractivity contribution in [1.29, 1.82) is 0 Å². The number of amides is 2. The van der Waals surface area contributed by atoms with E-state index in [-0.39, 0.29) is 11.8 Å². The first-order chi connectivity index (χ1) is 17.1. The summed E-state index contributed by atoms with van der Waals surface area (Å²) in [6, 6.07) is 28.9. The van der Waals surface area contributed by atoms with Crippen molar-refractivity contribution in [3.63, 3.8) is 0 Å². The lowest BCUT2D eigenvalue weighted by molar-refractivity contribution is 0.0746. The summed E-state index contributed by atoms with van der Waals surface area (Å²) < 4.78 is 5.19. The molecule has 0 spiro atoms. The molecule has 176 valence electrons. The molecule has 35 heavy (non-hydrogen) atoms. The van der Waals surface area contributed by atoms with Gasteiger partial charge in [0, 0.05) is 48.7 Å². The first-order valence-electron chi connectivity index (χ1n) is 11.7. The number of anilines is 2. The monoisotopic (exact) mass is 465 g/mol. The van der Waals surface area contributed by atoms with Crippen LogP contribution >= 0.6 is 0 Å². The van der Waals surface area contributed by atoms with Gasteiger partial charge in [-0.2, -0.15) is 0 Å². The number of nitrogens with zero attached hydrogens (tertiary/aromatic N) is 2. The highest BCUT2D eigenvalue weighted by Crippen LogP contribution is 2.22. The van der Waals surface area contributed by atoms with Gasteiger partial charge in [0.25, 0.3) is 11.8 Å². The van der Waals surface area contributed by atoms with Crippen LogP contribution in [0.3, 0.4) is 0 Å². The summed E-state index contributed by atoms with van der Waals surface area (Å²) in [5.74, 6) is 0.537. The maximum atomic E-state index is 13.1. The quantitative estimate of drug-likeness (QED) is 0.447. The predicted molar refractivity (Wildman–Crippen MR) is 139 cm³/mol. The van der Waals surface area contributed by atoms with Gasteiger partial charge in [-0.3, -0.25) is 9.59 Å². The normalized spacial score (nSPS) is 13.5. The second-order valence-electron chi connectivity index (χ2n) is 8.57. The number of benzene rings is 4. The lowest BCUT2D eigenvalue weighted by atomic mass is 10.1. The summed E-state index contributed by atoms with van der Waals surface area (Å²) in [6.45, 7) is 2.85. The number of hydrogen-bond donors (Lipinski definition) is 1. The molecule has 0 radical (unpaired) electrons. The molecule has 5 rings (SSSR count). The van der Waals surface area contributed by atoms with E-state index in [4.69, 9.17) is 4.74 Å². The Hall–Kier alpha value is -4.32. The summed E-state index contributed by atoms with van der Waals surface area (Å²) in [5.41, 5.74) is 3.07. The third-order valence-electron chi connectivity index (χ3n) is 6.39. The van der Waals surface area contributed by atoms with Gasteiger partial charge in [-0.25, -0.2) is 0 Å². The van der Waals surface area contributed by atoms with E-state index in [2.05, 4.69) is 16.3 Å². The van der Waals surface area contributed by atoms with Crippen LogP contribution in [-0.2, 0) is 0 Å². The molecule has 1 fully saturated rings. The van der Waals surface area contributed by atoms with Gasteiger partial charge >= 0.3 is 0 Å². The fourth-order valence-corrected chi connectivity index (χ4v) is 4.40. The number of ether oxygens (including phenoxy) is 1. The molecule has 1 heterocycles. The average Bonchev–Trinajstić information content (AvgIpc) is 2.93. The molecule has 0 bridgehead atoms. The molecule has 4 aromatic carbocycles. The van der Waals surface area contributed by atoms with Crippen LogP contribution in [0.4, 0.5) is 11.4 Å². The van der Waals surface area contributed by atoms with Crippen LogP contribution < -0.4 is 15.0 Å². The van der Waals surface area contributed by atoms with Crippen molar-refractivity contribution in [1.82, 2.24) is 4.90 Å². The first-order valence-corrected chi connectivity index (χ1v) is 11.7. The smallest absolute Gasteiger partial charge is 0.255 e. The minimum atomic E-state index is -0.183. The highest BCUT2D eigenvalue weighted by molar-refractivity contribution is 6.04. The van der Waals surface area contributed by atoms with Crippen molar-refractivity contribution in [3.05, 3.63) is 102 Å². The maximum absolute atomic E-state index is 13.1. The molecule has 1 aliphatic heterocycles. The van der Waals surface area contributed by atoms with E-state index in [0.717, 1.165) is 40.8 Å². The van der Waals surface area contributed by atoms with Crippen LogP contribution in [0.2, 0.25) is 0 Å². The zero-order chi connectivity index (χ0) is 24.2. The third-order valence-corrected chi connectivity index (χ3v) is 6.39. The summed E-state index contributed by atoms with van der Waals surface area (Å²) in [4.78, 5) is 29.8. The van der Waals surface area contributed by atoms with Crippen molar-refractivity contribution in [3.8, 4) is 5.75 Å². The van der Waals surface area contributed by atoms with Crippen LogP contribution in [0.15, 0.2) is 91.0 Å². The number of hydrogen-bond acceptors (Lipinski definition) is 4. The predicted octanol–water partition coefficient (Wildman–Crippen LogP) is 5.06. The number of carbonyl (C=O) groups excluding carboxylic acids is 2. The minimum Gasteiger partial charge on any atom is -0.497 e. The Bertz CT molecular complexity index is 1360. The molecular weight excluding hydrogens is 438 g/mol. The van der Waals surface area contributed by atoms with E-state index in [1.165, 1.54) is 0 Å². The van der Waals surface area contributed by atoms with Crippen molar-refractivity contribution >= 4 is 34.0 Å². The second kappa shape index (κ2) is 9.89. The summed E-state index contributed by atoms with van der Waals surface area (Å²) in [5, 5.41) is 5.14. The Morgan fingerprint density at radius 1 is 0.743 bits per heavy atom. The number of rotatable bonds is 5. The van der Waals surface area contributed by atoms with E-state index in [9.17, 15) is 9.59 Å². The Balaban J connectivity index is 1.18. The SMILES string of the molecule is COc1cccc(C(=O)Nc2ccc(N3CCN(C(=O)c4ccc5ccccc5c4)CC3)cc2)c1. The largest absolute Gasteiger partial charge is 0.497 e. The van der Waals surface area contributed by atoms with Crippen LogP contribution in [-0.4, -0.2) is 50.0 Å². The van der Waals surface area contributed by atoms with Gasteiger partial charge in [0.2, 0.25) is 0 Å². The van der Waals surface area contributed by atoms with Crippen molar-refractivity contribution in [2.75, 3.05) is 43.5 Å². The number of fused-ring (bicyclic) bond motifs is 1. The molecule has 0 saturated carbocycles. The molecule has 0 unspecified atom stereocenters. The second-order valence-corrected chi connectivity index (χ2v) is 8.57. The fourth-order valence-electron chi connectivity index (χ4n) is 4.40. The Kier molecular flexibility index (Phi) is 6.35. The molecule has 0 aliphatic carbocycles. The fraction of sp³-hybridized carbons (Fsp3) is 0.172. The van der Waals surface area contributed by atoms with E-state index >= 15 is 0 Å². The van der Waals surface area contributed by atoms with Crippen LogP contribution in [0, 0.1) is 0 Å². The topological polar surface area (TPSA) is 61.9 Å². The van der Waals surface area contributed by atoms with Gasteiger partial charge in [-0.1, -0.05) is 36.4 Å². The Morgan fingerprint density at radius 3 is 2.23 bits per heavy atom. The zero-order valence-corrected chi connectivity index (χ0v) is 19.6. The van der Waals surface area contributed by atoms with Gasteiger partial charge in [0.05, 0.1) is 7.11 Å². The van der Waals surface area contributed by atoms with Gasteiger partial charge in [-0.05, 0) is 65.4 Å². The van der Waals surface area contributed by atoms with E-state index in [1.807, 2.05) is 65.6 Å². The third kappa shape index (κ3) is 4.96. The molecule has 6 nitrogen and oxygen atoms in total. The Labute approximate surface area is 204 Å². The summed E-state index contributed by atoms with van der Waals surface area (Å²) in [6.07, 6.45) is 0. The van der Waals surface area contributed by atoms with Crippen LogP contribution in [0.25, 0.3) is 10.8 Å². The molecule has 6 heteroatoms. The number of methoxy groups -OCH3 is 1. The minimum absolute atomic E-state index is 0.0750. The molecular formula is C29H27N3O3. The summed E-state index contributed by atoms with van der Waals surface area (Å²) in [7, 11) is 1.58. The molecule has 1 N–H and O–H groups in total. The van der Waals surface area contributed by atoms with Crippen LogP contribution in [0.1, 0.15) is 20.7 Å². The zero-order valence-electron chi connectivity index (χ0n) is 19.6. The van der Waals surface area contributed by atoms with E-state index in [1.54, 1.807) is 31.4 Å². The standard InChI is InChI=1S/C29H27N3O3/c1-35-27-8-4-7-23(20-27)28(33)30-25-11-13-26(14-12-25)31-15-17-32(18-16-31)29(34)24-10-9-21-5-2-3-6-22(21)19-24/h2-14,19-20H,15-18H2,1H3,(H,30,33). The number of piperazine rings is 1. The van der Waals surface area contributed by atoms with Gasteiger partial charge in [0.1, 0.15) is 5.75 Å². The van der Waals surface area contributed by atoms with E-state index in [0.29, 0.717) is 24.4 Å². The summed E-state index contributed by atoms with van der Waals surface area (Å²) >= 11 is 0. The van der Waals surface area contributed by atoms with Crippen molar-refractivity contribution in [2.24, 2.45) is 0 Å². The molecule has 0 atom stereocenters. The van der Waals surface area contributed by atoms with Crippen LogP contribution in [0.5, 0.6) is 5.75 Å². The number of carbonyl (C=O) groups is 2. The lowest BCUT2D eigenvalue weighted by Gasteiger charge is -2.36. The molecule has 4 aromatic rings. The molecule has 1 saturated heterocycles. The molecule has 1 aliphatic rings. The number of nitrogens with one attached hydrogen (secondary N) is 1. The lowest BCUT2D eigenvalue weighted by Crippen LogP contribution is -2.48. The molecule has 2 amide bonds. The highest BCUT2D eigenvalue weighted by Gasteiger charge is 2.22.